The lowest BCUT2D eigenvalue weighted by molar-refractivity contribution is 0.249. The molecule has 0 aromatic heterocycles. The van der Waals surface area contributed by atoms with Crippen molar-refractivity contribution in [2.75, 3.05) is 5.32 Å². The minimum Gasteiger partial charge on any atom is -0.331 e. The zero-order chi connectivity index (χ0) is 14.4. The van der Waals surface area contributed by atoms with Crippen molar-refractivity contribution in [2.45, 2.75) is 13.0 Å². The first-order valence-corrected chi connectivity index (χ1v) is 6.32. The number of hydrogen-bond donors (Lipinski definition) is 2. The van der Waals surface area contributed by atoms with E-state index in [4.69, 9.17) is 5.26 Å². The minimum absolute atomic E-state index is 0.106. The molecule has 2 N–H and O–H groups in total. The van der Waals surface area contributed by atoms with E-state index in [2.05, 4.69) is 10.6 Å². The van der Waals surface area contributed by atoms with Gasteiger partial charge < -0.3 is 10.6 Å². The zero-order valence-electron chi connectivity index (χ0n) is 11.1. The summed E-state index contributed by atoms with van der Waals surface area (Å²) >= 11 is 0. The summed E-state index contributed by atoms with van der Waals surface area (Å²) in [5.74, 6) is 0. The van der Waals surface area contributed by atoms with E-state index in [1.807, 2.05) is 43.3 Å². The number of para-hydroxylation sites is 1. The van der Waals surface area contributed by atoms with E-state index in [-0.39, 0.29) is 12.1 Å². The van der Waals surface area contributed by atoms with E-state index in [0.29, 0.717) is 11.3 Å². The number of nitrogens with one attached hydrogen (secondary N) is 2. The Hall–Kier alpha value is -2.80. The standard InChI is InChI=1S/C16H15N3O/c1-12(13-7-3-2-4-8-13)18-16(20)19-15-10-6-5-9-14(15)11-17/h2-10,12H,1H3,(H2,18,19,20). The first kappa shape index (κ1) is 13.6. The largest absolute Gasteiger partial charge is 0.331 e. The molecular formula is C16H15N3O. The van der Waals surface area contributed by atoms with E-state index < -0.39 is 0 Å². The summed E-state index contributed by atoms with van der Waals surface area (Å²) in [5.41, 5.74) is 1.97. The fourth-order valence-corrected chi connectivity index (χ4v) is 1.87. The number of rotatable bonds is 3. The number of nitrogens with zero attached hydrogens (tertiary/aromatic N) is 1. The van der Waals surface area contributed by atoms with Gasteiger partial charge in [-0.05, 0) is 24.6 Å². The molecule has 0 fully saturated rings. The van der Waals surface area contributed by atoms with Crippen LogP contribution in [0.1, 0.15) is 24.1 Å². The highest BCUT2D eigenvalue weighted by molar-refractivity contribution is 5.90. The fourth-order valence-electron chi connectivity index (χ4n) is 1.87. The molecule has 1 atom stereocenters. The number of hydrogen-bond acceptors (Lipinski definition) is 2. The van der Waals surface area contributed by atoms with Gasteiger partial charge in [0.05, 0.1) is 17.3 Å². The normalized spacial score (nSPS) is 11.2. The average Bonchev–Trinajstić information content (AvgIpc) is 2.48. The molecule has 0 heterocycles. The predicted molar refractivity (Wildman–Crippen MR) is 78.2 cm³/mol. The predicted octanol–water partition coefficient (Wildman–Crippen LogP) is 3.44. The quantitative estimate of drug-likeness (QED) is 0.892. The molecule has 20 heavy (non-hydrogen) atoms. The summed E-state index contributed by atoms with van der Waals surface area (Å²) in [7, 11) is 0. The SMILES string of the molecule is CC(NC(=O)Nc1ccccc1C#N)c1ccccc1. The van der Waals surface area contributed by atoms with Crippen molar-refractivity contribution < 1.29 is 4.79 Å². The summed E-state index contributed by atoms with van der Waals surface area (Å²) in [5, 5.41) is 14.5. The van der Waals surface area contributed by atoms with Crippen molar-refractivity contribution in [1.29, 1.82) is 5.26 Å². The van der Waals surface area contributed by atoms with Gasteiger partial charge in [-0.1, -0.05) is 42.5 Å². The highest BCUT2D eigenvalue weighted by Crippen LogP contribution is 2.15. The summed E-state index contributed by atoms with van der Waals surface area (Å²) in [6.07, 6.45) is 0. The molecule has 0 radical (unpaired) electrons. The Balaban J connectivity index is 2.01. The molecule has 2 aromatic carbocycles. The number of urea groups is 1. The van der Waals surface area contributed by atoms with Crippen LogP contribution in [0, 0.1) is 11.3 Å². The second-order valence-electron chi connectivity index (χ2n) is 4.39. The van der Waals surface area contributed by atoms with Gasteiger partial charge >= 0.3 is 6.03 Å². The summed E-state index contributed by atoms with van der Waals surface area (Å²) in [6.45, 7) is 1.91. The lowest BCUT2D eigenvalue weighted by Crippen LogP contribution is -2.31. The Morgan fingerprint density at radius 3 is 2.45 bits per heavy atom. The van der Waals surface area contributed by atoms with Crippen LogP contribution in [0.2, 0.25) is 0 Å². The van der Waals surface area contributed by atoms with E-state index in [1.54, 1.807) is 24.3 Å². The topological polar surface area (TPSA) is 64.9 Å². The summed E-state index contributed by atoms with van der Waals surface area (Å²) in [4.78, 5) is 11.9. The maximum atomic E-state index is 11.9. The van der Waals surface area contributed by atoms with Gasteiger partial charge in [-0.25, -0.2) is 4.79 Å². The second kappa shape index (κ2) is 6.39. The Bertz CT molecular complexity index is 632. The van der Waals surface area contributed by atoms with Gasteiger partial charge in [0.2, 0.25) is 0 Å². The number of amides is 2. The molecule has 2 rings (SSSR count). The van der Waals surface area contributed by atoms with Gasteiger partial charge in [0.1, 0.15) is 6.07 Å². The Morgan fingerprint density at radius 1 is 1.10 bits per heavy atom. The number of carbonyl (C=O) groups excluding carboxylic acids is 1. The highest BCUT2D eigenvalue weighted by atomic mass is 16.2. The van der Waals surface area contributed by atoms with Crippen LogP contribution in [0.4, 0.5) is 10.5 Å². The minimum atomic E-state index is -0.330. The van der Waals surface area contributed by atoms with Crippen LogP contribution in [0.15, 0.2) is 54.6 Å². The fraction of sp³-hybridized carbons (Fsp3) is 0.125. The molecule has 1 unspecified atom stereocenters. The molecule has 2 aromatic rings. The first-order chi connectivity index (χ1) is 9.70. The molecule has 0 saturated heterocycles. The molecule has 2 amide bonds. The van der Waals surface area contributed by atoms with Crippen LogP contribution in [-0.2, 0) is 0 Å². The third-order valence-electron chi connectivity index (χ3n) is 2.94. The molecule has 0 aliphatic heterocycles. The molecule has 0 bridgehead atoms. The maximum Gasteiger partial charge on any atom is 0.319 e. The van der Waals surface area contributed by atoms with Gasteiger partial charge in [0, 0.05) is 0 Å². The van der Waals surface area contributed by atoms with Crippen LogP contribution >= 0.6 is 0 Å². The van der Waals surface area contributed by atoms with Gasteiger partial charge in [-0.15, -0.1) is 0 Å². The van der Waals surface area contributed by atoms with Gasteiger partial charge in [0.15, 0.2) is 0 Å². The molecular weight excluding hydrogens is 250 g/mol. The van der Waals surface area contributed by atoms with Crippen molar-refractivity contribution in [3.63, 3.8) is 0 Å². The third kappa shape index (κ3) is 3.36. The van der Waals surface area contributed by atoms with Crippen LogP contribution in [0.3, 0.4) is 0 Å². The van der Waals surface area contributed by atoms with E-state index in [1.165, 1.54) is 0 Å². The third-order valence-corrected chi connectivity index (χ3v) is 2.94. The zero-order valence-corrected chi connectivity index (χ0v) is 11.1. The van der Waals surface area contributed by atoms with Crippen LogP contribution in [-0.4, -0.2) is 6.03 Å². The number of benzene rings is 2. The maximum absolute atomic E-state index is 11.9. The monoisotopic (exact) mass is 265 g/mol. The number of nitriles is 1. The van der Waals surface area contributed by atoms with Crippen LogP contribution in [0.5, 0.6) is 0 Å². The Morgan fingerprint density at radius 2 is 1.75 bits per heavy atom. The van der Waals surface area contributed by atoms with Crippen molar-refractivity contribution in [3.8, 4) is 6.07 Å². The van der Waals surface area contributed by atoms with Gasteiger partial charge in [-0.2, -0.15) is 5.26 Å². The molecule has 0 aliphatic carbocycles. The smallest absolute Gasteiger partial charge is 0.319 e. The van der Waals surface area contributed by atoms with E-state index in [0.717, 1.165) is 5.56 Å². The molecule has 4 heteroatoms. The Kier molecular flexibility index (Phi) is 4.35. The van der Waals surface area contributed by atoms with Gasteiger partial charge in [0.25, 0.3) is 0 Å². The summed E-state index contributed by atoms with van der Waals surface area (Å²) in [6, 6.07) is 18.2. The van der Waals surface area contributed by atoms with Crippen molar-refractivity contribution in [3.05, 3.63) is 65.7 Å². The van der Waals surface area contributed by atoms with Crippen LogP contribution < -0.4 is 10.6 Å². The van der Waals surface area contributed by atoms with E-state index in [9.17, 15) is 4.79 Å². The first-order valence-electron chi connectivity index (χ1n) is 6.32. The van der Waals surface area contributed by atoms with Crippen molar-refractivity contribution in [1.82, 2.24) is 5.32 Å². The Labute approximate surface area is 118 Å². The van der Waals surface area contributed by atoms with E-state index >= 15 is 0 Å². The lowest BCUT2D eigenvalue weighted by atomic mass is 10.1. The second-order valence-corrected chi connectivity index (χ2v) is 4.39. The molecule has 0 saturated carbocycles. The van der Waals surface area contributed by atoms with Crippen LogP contribution in [0.25, 0.3) is 0 Å². The number of anilines is 1. The lowest BCUT2D eigenvalue weighted by Gasteiger charge is -2.15. The molecule has 4 nitrogen and oxygen atoms in total. The average molecular weight is 265 g/mol. The number of carbonyl (C=O) groups is 1. The summed E-state index contributed by atoms with van der Waals surface area (Å²) < 4.78 is 0. The molecule has 100 valence electrons. The highest BCUT2D eigenvalue weighted by Gasteiger charge is 2.10. The van der Waals surface area contributed by atoms with Gasteiger partial charge in [-0.3, -0.25) is 0 Å². The van der Waals surface area contributed by atoms with Crippen molar-refractivity contribution in [2.24, 2.45) is 0 Å². The molecule has 0 aliphatic rings. The van der Waals surface area contributed by atoms with Crippen molar-refractivity contribution >= 4 is 11.7 Å². The molecule has 0 spiro atoms.